The lowest BCUT2D eigenvalue weighted by atomic mass is 9.48. The third-order valence-corrected chi connectivity index (χ3v) is 6.99. The van der Waals surface area contributed by atoms with Crippen molar-refractivity contribution in [3.8, 4) is 16.9 Å². The maximum atomic E-state index is 14.3. The van der Waals surface area contributed by atoms with Crippen molar-refractivity contribution in [1.82, 2.24) is 0 Å². The van der Waals surface area contributed by atoms with E-state index in [2.05, 4.69) is 12.1 Å². The fourth-order valence-electron chi connectivity index (χ4n) is 6.43. The summed E-state index contributed by atoms with van der Waals surface area (Å²) in [5.74, 6) is 3.49. The number of hydrogen-bond acceptors (Lipinski definition) is 1. The summed E-state index contributed by atoms with van der Waals surface area (Å²) < 4.78 is 20.1. The molecule has 4 bridgehead atoms. The molecule has 0 radical (unpaired) electrons. The fraction of sp³-hybridized carbons (Fsp3) is 0.478. The van der Waals surface area contributed by atoms with Crippen LogP contribution in [0.5, 0.6) is 5.75 Å². The van der Waals surface area contributed by atoms with E-state index in [0.717, 1.165) is 29.1 Å². The Hall–Kier alpha value is -1.83. The van der Waals surface area contributed by atoms with Crippen molar-refractivity contribution in [3.05, 3.63) is 53.8 Å². The van der Waals surface area contributed by atoms with Gasteiger partial charge in [-0.05, 0) is 85.5 Å². The summed E-state index contributed by atoms with van der Waals surface area (Å²) >= 11 is 0. The highest BCUT2D eigenvalue weighted by atomic mass is 19.1. The normalized spacial score (nSPS) is 32.8. The molecule has 0 amide bonds. The fourth-order valence-corrected chi connectivity index (χ4v) is 6.43. The third-order valence-electron chi connectivity index (χ3n) is 6.99. The van der Waals surface area contributed by atoms with Crippen molar-refractivity contribution in [2.75, 3.05) is 7.11 Å². The van der Waals surface area contributed by atoms with Crippen molar-refractivity contribution < 1.29 is 9.13 Å². The molecule has 0 aliphatic heterocycles. The molecule has 0 heterocycles. The van der Waals surface area contributed by atoms with Crippen LogP contribution in [0.2, 0.25) is 0 Å². The Balaban J connectivity index is 1.63. The van der Waals surface area contributed by atoms with Crippen molar-refractivity contribution in [1.29, 1.82) is 0 Å². The Morgan fingerprint density at radius 2 is 1.56 bits per heavy atom. The van der Waals surface area contributed by atoms with E-state index in [1.807, 2.05) is 18.2 Å². The van der Waals surface area contributed by atoms with E-state index in [-0.39, 0.29) is 11.2 Å². The second-order valence-electron chi connectivity index (χ2n) is 8.59. The summed E-state index contributed by atoms with van der Waals surface area (Å²) in [6.07, 6.45) is 8.14. The second-order valence-corrected chi connectivity index (χ2v) is 8.59. The number of rotatable bonds is 3. The molecule has 2 aromatic rings. The van der Waals surface area contributed by atoms with Crippen LogP contribution in [0.1, 0.15) is 44.1 Å². The summed E-state index contributed by atoms with van der Waals surface area (Å²) in [4.78, 5) is 0. The van der Waals surface area contributed by atoms with Crippen molar-refractivity contribution in [2.24, 2.45) is 17.8 Å². The van der Waals surface area contributed by atoms with Gasteiger partial charge in [0.2, 0.25) is 0 Å². The van der Waals surface area contributed by atoms with Gasteiger partial charge in [0.25, 0.3) is 0 Å². The topological polar surface area (TPSA) is 9.23 Å². The van der Waals surface area contributed by atoms with Crippen molar-refractivity contribution in [3.63, 3.8) is 0 Å². The number of benzene rings is 2. The Morgan fingerprint density at radius 3 is 2.16 bits per heavy atom. The monoisotopic (exact) mass is 336 g/mol. The minimum absolute atomic E-state index is 0.149. The highest BCUT2D eigenvalue weighted by molar-refractivity contribution is 5.67. The van der Waals surface area contributed by atoms with E-state index in [0.29, 0.717) is 5.56 Å². The summed E-state index contributed by atoms with van der Waals surface area (Å²) in [5.41, 5.74) is 3.25. The molecule has 4 aliphatic carbocycles. The van der Waals surface area contributed by atoms with E-state index < -0.39 is 0 Å². The van der Waals surface area contributed by atoms with Gasteiger partial charge >= 0.3 is 0 Å². The Kier molecular flexibility index (Phi) is 3.45. The van der Waals surface area contributed by atoms with Gasteiger partial charge in [0.15, 0.2) is 0 Å². The quantitative estimate of drug-likeness (QED) is 0.671. The molecule has 0 atom stereocenters. The first kappa shape index (κ1) is 15.4. The molecular weight excluding hydrogens is 311 g/mol. The van der Waals surface area contributed by atoms with Crippen LogP contribution in [0.15, 0.2) is 42.5 Å². The molecule has 0 aromatic heterocycles. The first-order valence-corrected chi connectivity index (χ1v) is 9.60. The molecule has 130 valence electrons. The highest BCUT2D eigenvalue weighted by Gasteiger charge is 2.52. The van der Waals surface area contributed by atoms with E-state index in [1.54, 1.807) is 19.2 Å². The van der Waals surface area contributed by atoms with Gasteiger partial charge in [-0.2, -0.15) is 0 Å². The van der Waals surface area contributed by atoms with Crippen LogP contribution in [0, 0.1) is 23.6 Å². The molecule has 1 nitrogen and oxygen atoms in total. The molecular formula is C23H25FO. The zero-order chi connectivity index (χ0) is 17.0. The van der Waals surface area contributed by atoms with Gasteiger partial charge < -0.3 is 4.74 Å². The summed E-state index contributed by atoms with van der Waals surface area (Å²) in [5, 5.41) is 0. The van der Waals surface area contributed by atoms with Gasteiger partial charge in [-0.3, -0.25) is 0 Å². The van der Waals surface area contributed by atoms with Crippen LogP contribution in [0.25, 0.3) is 11.1 Å². The number of halogens is 1. The van der Waals surface area contributed by atoms with E-state index in [1.165, 1.54) is 44.1 Å². The van der Waals surface area contributed by atoms with Gasteiger partial charge in [0.05, 0.1) is 7.11 Å². The second kappa shape index (κ2) is 5.59. The maximum Gasteiger partial charge on any atom is 0.131 e. The summed E-state index contributed by atoms with van der Waals surface area (Å²) in [6.45, 7) is 0. The van der Waals surface area contributed by atoms with Gasteiger partial charge in [-0.1, -0.05) is 24.3 Å². The lowest BCUT2D eigenvalue weighted by molar-refractivity contribution is -0.00613. The number of hydrogen-bond donors (Lipinski definition) is 0. The summed E-state index contributed by atoms with van der Waals surface area (Å²) in [7, 11) is 1.77. The largest absolute Gasteiger partial charge is 0.496 e. The van der Waals surface area contributed by atoms with Crippen LogP contribution in [-0.2, 0) is 5.41 Å². The van der Waals surface area contributed by atoms with Crippen LogP contribution in [0.4, 0.5) is 4.39 Å². The Labute approximate surface area is 149 Å². The Bertz CT molecular complexity index is 774. The van der Waals surface area contributed by atoms with E-state index >= 15 is 0 Å². The van der Waals surface area contributed by atoms with E-state index in [9.17, 15) is 4.39 Å². The van der Waals surface area contributed by atoms with Gasteiger partial charge in [0, 0.05) is 11.1 Å². The molecule has 0 saturated heterocycles. The average molecular weight is 336 g/mol. The molecule has 4 fully saturated rings. The molecule has 4 saturated carbocycles. The molecule has 0 N–H and O–H groups in total. The van der Waals surface area contributed by atoms with E-state index in [4.69, 9.17) is 4.74 Å². The molecule has 0 unspecified atom stereocenters. The average Bonchev–Trinajstić information content (AvgIpc) is 2.60. The van der Waals surface area contributed by atoms with Gasteiger partial charge in [-0.25, -0.2) is 4.39 Å². The smallest absolute Gasteiger partial charge is 0.131 e. The minimum Gasteiger partial charge on any atom is -0.496 e. The first-order valence-electron chi connectivity index (χ1n) is 9.60. The van der Waals surface area contributed by atoms with Gasteiger partial charge in [0.1, 0.15) is 11.6 Å². The zero-order valence-corrected chi connectivity index (χ0v) is 14.8. The lowest BCUT2D eigenvalue weighted by Gasteiger charge is -2.57. The predicted molar refractivity (Wildman–Crippen MR) is 98.2 cm³/mol. The molecule has 25 heavy (non-hydrogen) atoms. The maximum absolute atomic E-state index is 14.3. The highest BCUT2D eigenvalue weighted by Crippen LogP contribution is 2.62. The van der Waals surface area contributed by atoms with Crippen LogP contribution in [0.3, 0.4) is 0 Å². The van der Waals surface area contributed by atoms with Gasteiger partial charge in [-0.15, -0.1) is 0 Å². The molecule has 6 rings (SSSR count). The first-order chi connectivity index (χ1) is 12.2. The molecule has 4 aliphatic rings. The lowest BCUT2D eigenvalue weighted by Crippen LogP contribution is -2.48. The molecule has 2 aromatic carbocycles. The predicted octanol–water partition coefficient (Wildman–Crippen LogP) is 5.97. The standard InChI is InChI=1S/C23H25FO/c1-25-22-7-6-18(19-4-2-3-5-21(19)24)11-20(22)23-12-15-8-16(13-23)10-17(9-15)14-23/h2-7,11,15-17H,8-10,12-14H2,1H3. The van der Waals surface area contributed by atoms with Crippen LogP contribution in [-0.4, -0.2) is 7.11 Å². The van der Waals surface area contributed by atoms with Crippen LogP contribution < -0.4 is 4.74 Å². The number of methoxy groups -OCH3 is 1. The number of ether oxygens (including phenoxy) is 1. The van der Waals surface area contributed by atoms with Crippen molar-refractivity contribution >= 4 is 0 Å². The van der Waals surface area contributed by atoms with Crippen molar-refractivity contribution in [2.45, 2.75) is 43.9 Å². The SMILES string of the molecule is COc1ccc(-c2ccccc2F)cc1C12CC3CC(CC(C3)C1)C2. The Morgan fingerprint density at radius 1 is 0.920 bits per heavy atom. The molecule has 2 heteroatoms. The third kappa shape index (κ3) is 2.41. The summed E-state index contributed by atoms with van der Waals surface area (Å²) in [6, 6.07) is 13.4. The zero-order valence-electron chi connectivity index (χ0n) is 14.8. The molecule has 0 spiro atoms. The minimum atomic E-state index is -0.149. The van der Waals surface area contributed by atoms with Crippen LogP contribution >= 0.6 is 0 Å².